The van der Waals surface area contributed by atoms with E-state index in [1.165, 1.54) is 0 Å². The monoisotopic (exact) mass is 347 g/mol. The lowest BCUT2D eigenvalue weighted by molar-refractivity contribution is -0.116. The number of aromatic amines is 1. The molecule has 5 nitrogen and oxygen atoms in total. The summed E-state index contributed by atoms with van der Waals surface area (Å²) in [5.41, 5.74) is 3.55. The minimum absolute atomic E-state index is 0.0366. The summed E-state index contributed by atoms with van der Waals surface area (Å²) in [6, 6.07) is 15.4. The fraction of sp³-hybridized carbons (Fsp3) is 0.238. The molecule has 1 saturated carbocycles. The number of rotatable bonds is 6. The van der Waals surface area contributed by atoms with Crippen LogP contribution >= 0.6 is 0 Å². The van der Waals surface area contributed by atoms with Gasteiger partial charge in [-0.25, -0.2) is 0 Å². The van der Waals surface area contributed by atoms with E-state index in [1.54, 1.807) is 24.3 Å². The molecule has 0 spiro atoms. The van der Waals surface area contributed by atoms with Crippen LogP contribution in [0.1, 0.15) is 35.2 Å². The molecule has 1 aromatic heterocycles. The van der Waals surface area contributed by atoms with E-state index in [-0.39, 0.29) is 11.8 Å². The molecule has 1 aliphatic carbocycles. The standard InChI is InChI=1S/C21H21N3O2/c25-20(12-7-15-13-22-19-4-2-1-3-18(15)19)23-16-8-5-14(6-9-16)21(26)24-17-10-11-17/h1-6,8-9,13,17,22H,7,10-12H2,(H,23,25)(H,24,26). The van der Waals surface area contributed by atoms with Crippen LogP contribution in [0.3, 0.4) is 0 Å². The highest BCUT2D eigenvalue weighted by Crippen LogP contribution is 2.20. The fourth-order valence-electron chi connectivity index (χ4n) is 3.01. The van der Waals surface area contributed by atoms with E-state index < -0.39 is 0 Å². The Kier molecular flexibility index (Phi) is 4.44. The molecule has 1 heterocycles. The summed E-state index contributed by atoms with van der Waals surface area (Å²) < 4.78 is 0. The minimum atomic E-state index is -0.0512. The fourth-order valence-corrected chi connectivity index (χ4v) is 3.01. The van der Waals surface area contributed by atoms with Crippen molar-refractivity contribution in [2.24, 2.45) is 0 Å². The number of hydrogen-bond donors (Lipinski definition) is 3. The van der Waals surface area contributed by atoms with Crippen molar-refractivity contribution in [1.82, 2.24) is 10.3 Å². The van der Waals surface area contributed by atoms with E-state index in [0.29, 0.717) is 30.1 Å². The Morgan fingerprint density at radius 1 is 1.04 bits per heavy atom. The van der Waals surface area contributed by atoms with Crippen LogP contribution in [0.25, 0.3) is 10.9 Å². The third kappa shape index (κ3) is 3.77. The van der Waals surface area contributed by atoms with Crippen LogP contribution in [-0.2, 0) is 11.2 Å². The van der Waals surface area contributed by atoms with E-state index in [9.17, 15) is 9.59 Å². The van der Waals surface area contributed by atoms with Gasteiger partial charge < -0.3 is 15.6 Å². The molecule has 3 aromatic rings. The van der Waals surface area contributed by atoms with Gasteiger partial charge in [-0.2, -0.15) is 0 Å². The molecular formula is C21H21N3O2. The van der Waals surface area contributed by atoms with Crippen LogP contribution in [0.2, 0.25) is 0 Å². The largest absolute Gasteiger partial charge is 0.361 e. The second-order valence-corrected chi connectivity index (χ2v) is 6.73. The summed E-state index contributed by atoms with van der Waals surface area (Å²) in [5.74, 6) is -0.0878. The van der Waals surface area contributed by atoms with Crippen LogP contribution in [0.4, 0.5) is 5.69 Å². The molecule has 0 saturated heterocycles. The Balaban J connectivity index is 1.32. The molecule has 0 aliphatic heterocycles. The van der Waals surface area contributed by atoms with Gasteiger partial charge in [-0.15, -0.1) is 0 Å². The first-order valence-electron chi connectivity index (χ1n) is 8.95. The number of anilines is 1. The first-order chi connectivity index (χ1) is 12.7. The lowest BCUT2D eigenvalue weighted by Gasteiger charge is -2.07. The van der Waals surface area contributed by atoms with Gasteiger partial charge in [-0.1, -0.05) is 18.2 Å². The van der Waals surface area contributed by atoms with E-state index in [4.69, 9.17) is 0 Å². The average Bonchev–Trinajstić information content (AvgIpc) is 3.37. The Morgan fingerprint density at radius 3 is 2.58 bits per heavy atom. The molecule has 2 aromatic carbocycles. The van der Waals surface area contributed by atoms with E-state index >= 15 is 0 Å². The number of H-pyrrole nitrogens is 1. The molecule has 4 rings (SSSR count). The third-order valence-electron chi connectivity index (χ3n) is 4.64. The second kappa shape index (κ2) is 7.04. The maximum Gasteiger partial charge on any atom is 0.251 e. The second-order valence-electron chi connectivity index (χ2n) is 6.73. The quantitative estimate of drug-likeness (QED) is 0.637. The lowest BCUT2D eigenvalue weighted by atomic mass is 10.1. The number of nitrogens with one attached hydrogen (secondary N) is 3. The molecule has 5 heteroatoms. The Morgan fingerprint density at radius 2 is 1.81 bits per heavy atom. The topological polar surface area (TPSA) is 74.0 Å². The molecule has 2 amide bonds. The summed E-state index contributed by atoms with van der Waals surface area (Å²) in [7, 11) is 0. The zero-order valence-electron chi connectivity index (χ0n) is 14.4. The van der Waals surface area contributed by atoms with Crippen molar-refractivity contribution in [3.05, 3.63) is 65.9 Å². The van der Waals surface area contributed by atoms with E-state index in [0.717, 1.165) is 29.3 Å². The number of amides is 2. The summed E-state index contributed by atoms with van der Waals surface area (Å²) in [6.07, 6.45) is 5.18. The highest BCUT2D eigenvalue weighted by molar-refractivity contribution is 5.96. The summed E-state index contributed by atoms with van der Waals surface area (Å²) in [6.45, 7) is 0. The van der Waals surface area contributed by atoms with Crippen molar-refractivity contribution >= 4 is 28.4 Å². The normalized spacial score (nSPS) is 13.5. The van der Waals surface area contributed by atoms with Gasteiger partial charge in [0.1, 0.15) is 0 Å². The zero-order chi connectivity index (χ0) is 17.9. The highest BCUT2D eigenvalue weighted by Gasteiger charge is 2.23. The van der Waals surface area contributed by atoms with Gasteiger partial charge >= 0.3 is 0 Å². The number of fused-ring (bicyclic) bond motifs is 1. The van der Waals surface area contributed by atoms with Crippen LogP contribution in [0, 0.1) is 0 Å². The van der Waals surface area contributed by atoms with Crippen LogP contribution in [0.15, 0.2) is 54.7 Å². The summed E-state index contributed by atoms with van der Waals surface area (Å²) in [5, 5.41) is 7.00. The number of aryl methyl sites for hydroxylation is 1. The molecule has 0 atom stereocenters. The van der Waals surface area contributed by atoms with Crippen molar-refractivity contribution < 1.29 is 9.59 Å². The van der Waals surface area contributed by atoms with Crippen LogP contribution < -0.4 is 10.6 Å². The van der Waals surface area contributed by atoms with Crippen molar-refractivity contribution in [3.63, 3.8) is 0 Å². The molecule has 0 radical (unpaired) electrons. The number of para-hydroxylation sites is 1. The number of hydrogen-bond acceptors (Lipinski definition) is 2. The summed E-state index contributed by atoms with van der Waals surface area (Å²) >= 11 is 0. The minimum Gasteiger partial charge on any atom is -0.361 e. The number of aromatic nitrogens is 1. The SMILES string of the molecule is O=C(CCc1c[nH]c2ccccc12)Nc1ccc(C(=O)NC2CC2)cc1. The maximum atomic E-state index is 12.2. The number of benzene rings is 2. The Labute approximate surface area is 151 Å². The van der Waals surface area contributed by atoms with Crippen molar-refractivity contribution in [2.45, 2.75) is 31.7 Å². The molecular weight excluding hydrogens is 326 g/mol. The van der Waals surface area contributed by atoms with Gasteiger partial charge in [0.25, 0.3) is 5.91 Å². The van der Waals surface area contributed by atoms with Gasteiger partial charge in [0, 0.05) is 40.8 Å². The molecule has 132 valence electrons. The maximum absolute atomic E-state index is 12.2. The van der Waals surface area contributed by atoms with Crippen LogP contribution in [0.5, 0.6) is 0 Å². The molecule has 0 bridgehead atoms. The van der Waals surface area contributed by atoms with Crippen molar-refractivity contribution in [2.75, 3.05) is 5.32 Å². The first-order valence-corrected chi connectivity index (χ1v) is 8.95. The van der Waals surface area contributed by atoms with Gasteiger partial charge in [0.05, 0.1) is 0 Å². The predicted octanol–water partition coefficient (Wildman–Crippen LogP) is 3.63. The van der Waals surface area contributed by atoms with Gasteiger partial charge in [0.2, 0.25) is 5.91 Å². The lowest BCUT2D eigenvalue weighted by Crippen LogP contribution is -2.25. The molecule has 26 heavy (non-hydrogen) atoms. The average molecular weight is 347 g/mol. The zero-order valence-corrected chi connectivity index (χ0v) is 14.4. The number of carbonyl (C=O) groups is 2. The molecule has 1 fully saturated rings. The molecule has 3 N–H and O–H groups in total. The number of carbonyl (C=O) groups excluding carboxylic acids is 2. The first kappa shape index (κ1) is 16.4. The Hall–Kier alpha value is -3.08. The van der Waals surface area contributed by atoms with E-state index in [1.807, 2.05) is 24.4 Å². The Bertz CT molecular complexity index is 939. The third-order valence-corrected chi connectivity index (χ3v) is 4.64. The van der Waals surface area contributed by atoms with Crippen LogP contribution in [-0.4, -0.2) is 22.8 Å². The van der Waals surface area contributed by atoms with Crippen molar-refractivity contribution in [3.8, 4) is 0 Å². The van der Waals surface area contributed by atoms with Gasteiger partial charge in [0.15, 0.2) is 0 Å². The summed E-state index contributed by atoms with van der Waals surface area (Å²) in [4.78, 5) is 27.4. The van der Waals surface area contributed by atoms with Crippen molar-refractivity contribution in [1.29, 1.82) is 0 Å². The molecule has 1 aliphatic rings. The predicted molar refractivity (Wildman–Crippen MR) is 102 cm³/mol. The molecule has 0 unspecified atom stereocenters. The highest BCUT2D eigenvalue weighted by atomic mass is 16.2. The smallest absolute Gasteiger partial charge is 0.251 e. The van der Waals surface area contributed by atoms with Gasteiger partial charge in [-0.3, -0.25) is 9.59 Å². The van der Waals surface area contributed by atoms with E-state index in [2.05, 4.69) is 21.7 Å². The van der Waals surface area contributed by atoms with Gasteiger partial charge in [-0.05, 0) is 55.2 Å².